The minimum atomic E-state index is -0.856. The van der Waals surface area contributed by atoms with Crippen molar-refractivity contribution in [3.05, 3.63) is 89.3 Å². The Bertz CT molecular complexity index is 1240. The Hall–Kier alpha value is -3.54. The minimum Gasteiger partial charge on any atom is -0.491 e. The van der Waals surface area contributed by atoms with Crippen LogP contribution in [0.15, 0.2) is 60.7 Å². The quantitative estimate of drug-likeness (QED) is 0.246. The van der Waals surface area contributed by atoms with Crippen molar-refractivity contribution < 1.29 is 27.4 Å². The second-order valence-electron chi connectivity index (χ2n) is 8.95. The van der Waals surface area contributed by atoms with E-state index in [1.165, 1.54) is 12.1 Å². The fraction of sp³-hybridized carbons (Fsp3) is 0.300. The molecule has 36 heavy (non-hydrogen) atoms. The van der Waals surface area contributed by atoms with Gasteiger partial charge in [-0.15, -0.1) is 0 Å². The van der Waals surface area contributed by atoms with E-state index in [9.17, 15) is 9.18 Å². The van der Waals surface area contributed by atoms with Crippen molar-refractivity contribution in [2.45, 2.75) is 45.4 Å². The van der Waals surface area contributed by atoms with Crippen molar-refractivity contribution in [2.75, 3.05) is 6.61 Å². The van der Waals surface area contributed by atoms with Crippen LogP contribution in [0.4, 0.5) is 13.2 Å². The van der Waals surface area contributed by atoms with Gasteiger partial charge < -0.3 is 9.47 Å². The fourth-order valence-corrected chi connectivity index (χ4v) is 4.73. The molecule has 0 unspecified atom stereocenters. The molecule has 0 aliphatic heterocycles. The van der Waals surface area contributed by atoms with E-state index in [1.807, 2.05) is 31.2 Å². The lowest BCUT2D eigenvalue weighted by Gasteiger charge is -2.28. The minimum absolute atomic E-state index is 0.101. The number of halogens is 3. The van der Waals surface area contributed by atoms with Crippen molar-refractivity contribution in [2.24, 2.45) is 5.92 Å². The zero-order chi connectivity index (χ0) is 25.7. The van der Waals surface area contributed by atoms with Crippen molar-refractivity contribution in [1.82, 2.24) is 0 Å². The van der Waals surface area contributed by atoms with E-state index in [4.69, 9.17) is 9.47 Å². The molecule has 0 aromatic heterocycles. The monoisotopic (exact) mass is 494 g/mol. The standard InChI is InChI=1S/C30H29F3O3/c1-3-5-19-6-8-20(9-7-19)24-15-16-25(29(33)28(24)32)21-10-12-22(13-11-21)30(34)36-23-14-17-27(35-4-2)26(31)18-23/h3,5-9,14-18,21-22H,4,10-13H2,1-2H3. The third-order valence-corrected chi connectivity index (χ3v) is 6.61. The molecular formula is C30H29F3O3. The highest BCUT2D eigenvalue weighted by atomic mass is 19.2. The Morgan fingerprint density at radius 3 is 2.31 bits per heavy atom. The van der Waals surface area contributed by atoms with Gasteiger partial charge in [0.1, 0.15) is 5.75 Å². The molecule has 0 amide bonds. The van der Waals surface area contributed by atoms with Gasteiger partial charge >= 0.3 is 5.97 Å². The third-order valence-electron chi connectivity index (χ3n) is 6.61. The average molecular weight is 495 g/mol. The highest BCUT2D eigenvalue weighted by Crippen LogP contribution is 2.39. The molecule has 0 atom stereocenters. The number of esters is 1. The molecule has 0 N–H and O–H groups in total. The van der Waals surface area contributed by atoms with Crippen molar-refractivity contribution in [1.29, 1.82) is 0 Å². The lowest BCUT2D eigenvalue weighted by Crippen LogP contribution is -2.25. The molecular weight excluding hydrogens is 465 g/mol. The molecule has 0 heterocycles. The SMILES string of the molecule is CC=Cc1ccc(-c2ccc(C3CCC(C(=O)Oc4ccc(OCC)c(F)c4)CC3)c(F)c2F)cc1. The highest BCUT2D eigenvalue weighted by Gasteiger charge is 2.31. The number of carbonyl (C=O) groups excluding carboxylic acids is 1. The van der Waals surface area contributed by atoms with Crippen molar-refractivity contribution in [3.8, 4) is 22.6 Å². The maximum Gasteiger partial charge on any atom is 0.314 e. The molecule has 4 rings (SSSR count). The summed E-state index contributed by atoms with van der Waals surface area (Å²) in [4.78, 5) is 12.6. The molecule has 1 aliphatic carbocycles. The summed E-state index contributed by atoms with van der Waals surface area (Å²) >= 11 is 0. The molecule has 3 aromatic rings. The summed E-state index contributed by atoms with van der Waals surface area (Å²) in [5, 5.41) is 0. The topological polar surface area (TPSA) is 35.5 Å². The van der Waals surface area contributed by atoms with E-state index in [0.29, 0.717) is 43.4 Å². The van der Waals surface area contributed by atoms with E-state index >= 15 is 8.78 Å². The van der Waals surface area contributed by atoms with Gasteiger partial charge in [-0.2, -0.15) is 0 Å². The van der Waals surface area contributed by atoms with Gasteiger partial charge in [0.2, 0.25) is 0 Å². The fourth-order valence-electron chi connectivity index (χ4n) is 4.73. The van der Waals surface area contributed by atoms with Crippen LogP contribution in [0.25, 0.3) is 17.2 Å². The molecule has 1 fully saturated rings. The summed E-state index contributed by atoms with van der Waals surface area (Å²) in [6, 6.07) is 14.6. The molecule has 188 valence electrons. The van der Waals surface area contributed by atoms with E-state index in [-0.39, 0.29) is 28.9 Å². The Morgan fingerprint density at radius 1 is 0.944 bits per heavy atom. The number of hydrogen-bond donors (Lipinski definition) is 0. The van der Waals surface area contributed by atoms with Crippen LogP contribution >= 0.6 is 0 Å². The number of ether oxygens (including phenoxy) is 2. The second kappa shape index (κ2) is 11.5. The summed E-state index contributed by atoms with van der Waals surface area (Å²) in [5.74, 6) is -3.07. The average Bonchev–Trinajstić information content (AvgIpc) is 2.88. The normalized spacial score (nSPS) is 17.8. The van der Waals surface area contributed by atoms with Crippen LogP contribution in [0.5, 0.6) is 11.5 Å². The second-order valence-corrected chi connectivity index (χ2v) is 8.95. The summed E-state index contributed by atoms with van der Waals surface area (Å²) in [5.41, 5.74) is 2.16. The number of allylic oxidation sites excluding steroid dienone is 1. The Kier molecular flexibility index (Phi) is 8.14. The molecule has 1 saturated carbocycles. The van der Waals surface area contributed by atoms with Gasteiger partial charge in [-0.3, -0.25) is 4.79 Å². The van der Waals surface area contributed by atoms with Gasteiger partial charge in [0.15, 0.2) is 23.2 Å². The number of benzene rings is 3. The van der Waals surface area contributed by atoms with Crippen LogP contribution in [0.2, 0.25) is 0 Å². The highest BCUT2D eigenvalue weighted by molar-refractivity contribution is 5.75. The maximum atomic E-state index is 15.1. The summed E-state index contributed by atoms with van der Waals surface area (Å²) in [7, 11) is 0. The van der Waals surface area contributed by atoms with E-state index in [2.05, 4.69) is 0 Å². The molecule has 1 aliphatic rings. The van der Waals surface area contributed by atoms with Crippen molar-refractivity contribution in [3.63, 3.8) is 0 Å². The first-order valence-electron chi connectivity index (χ1n) is 12.3. The first-order valence-corrected chi connectivity index (χ1v) is 12.3. The predicted molar refractivity (Wildman–Crippen MR) is 134 cm³/mol. The van der Waals surface area contributed by atoms with Crippen LogP contribution in [0, 0.1) is 23.4 Å². The van der Waals surface area contributed by atoms with E-state index < -0.39 is 23.4 Å². The number of hydrogen-bond acceptors (Lipinski definition) is 3. The molecule has 0 saturated heterocycles. The Labute approximate surface area is 209 Å². The maximum absolute atomic E-state index is 15.1. The largest absolute Gasteiger partial charge is 0.491 e. The lowest BCUT2D eigenvalue weighted by atomic mass is 9.78. The molecule has 3 nitrogen and oxygen atoms in total. The molecule has 0 spiro atoms. The van der Waals surface area contributed by atoms with E-state index in [1.54, 1.807) is 31.2 Å². The number of carbonyl (C=O) groups is 1. The van der Waals surface area contributed by atoms with Gasteiger partial charge in [-0.1, -0.05) is 48.6 Å². The Morgan fingerprint density at radius 2 is 1.67 bits per heavy atom. The third kappa shape index (κ3) is 5.64. The van der Waals surface area contributed by atoms with Gasteiger partial charge in [-0.25, -0.2) is 13.2 Å². The predicted octanol–water partition coefficient (Wildman–Crippen LogP) is 8.08. The van der Waals surface area contributed by atoms with Crippen LogP contribution in [0.3, 0.4) is 0 Å². The zero-order valence-electron chi connectivity index (χ0n) is 20.4. The summed E-state index contributed by atoms with van der Waals surface area (Å²) in [6.45, 7) is 4.00. The van der Waals surface area contributed by atoms with Crippen LogP contribution in [0.1, 0.15) is 56.6 Å². The smallest absolute Gasteiger partial charge is 0.314 e. The molecule has 0 bridgehead atoms. The summed E-state index contributed by atoms with van der Waals surface area (Å²) < 4.78 is 54.6. The lowest BCUT2D eigenvalue weighted by molar-refractivity contribution is -0.140. The zero-order valence-corrected chi connectivity index (χ0v) is 20.4. The van der Waals surface area contributed by atoms with Crippen LogP contribution in [-0.4, -0.2) is 12.6 Å². The number of rotatable bonds is 7. The molecule has 0 radical (unpaired) electrons. The van der Waals surface area contributed by atoms with Crippen molar-refractivity contribution >= 4 is 12.0 Å². The van der Waals surface area contributed by atoms with Crippen LogP contribution < -0.4 is 9.47 Å². The molecule has 6 heteroatoms. The van der Waals surface area contributed by atoms with Gasteiger partial charge in [0, 0.05) is 11.6 Å². The van der Waals surface area contributed by atoms with E-state index in [0.717, 1.165) is 11.6 Å². The molecule has 3 aromatic carbocycles. The Balaban J connectivity index is 1.39. The first kappa shape index (κ1) is 25.5. The van der Waals surface area contributed by atoms with Gasteiger partial charge in [0.25, 0.3) is 0 Å². The van der Waals surface area contributed by atoms with Crippen LogP contribution in [-0.2, 0) is 4.79 Å². The van der Waals surface area contributed by atoms with Gasteiger partial charge in [0.05, 0.1) is 12.5 Å². The van der Waals surface area contributed by atoms with Gasteiger partial charge in [-0.05, 0) is 74.3 Å². The summed E-state index contributed by atoms with van der Waals surface area (Å²) in [6.07, 6.45) is 5.89. The first-order chi connectivity index (χ1) is 17.4.